The molecule has 1 aromatic carbocycles. The van der Waals surface area contributed by atoms with Crippen LogP contribution in [0.25, 0.3) is 11.0 Å². The molecule has 1 aromatic heterocycles. The molecule has 2 aromatic rings. The Morgan fingerprint density at radius 1 is 0.900 bits per heavy atom. The average molecular weight is 554 g/mol. The largest absolute Gasteiger partial charge is 0.444 e. The number of rotatable bonds is 3. The number of hydrogen-bond donors (Lipinski definition) is 1. The number of amides is 4. The number of aromatic nitrogens is 2. The number of fused-ring (bicyclic) bond motifs is 1. The van der Waals surface area contributed by atoms with Crippen LogP contribution in [0.5, 0.6) is 0 Å². The van der Waals surface area contributed by atoms with Crippen molar-refractivity contribution in [3.8, 4) is 0 Å². The van der Waals surface area contributed by atoms with E-state index in [4.69, 9.17) is 4.74 Å². The SMILES string of the molecule is Cn1c(=O)n(C2CCC(=O)NC2=O)c2ccc(C3CCN(C(=O)C4CCN(C(=O)OC(C)(C)C)CC4)CC3)cc21. The van der Waals surface area contributed by atoms with Crippen molar-refractivity contribution in [1.29, 1.82) is 0 Å². The number of nitrogens with one attached hydrogen (secondary N) is 1. The number of ether oxygens (including phenoxy) is 1. The first-order valence-corrected chi connectivity index (χ1v) is 14.2. The maximum atomic E-state index is 13.3. The molecule has 0 spiro atoms. The van der Waals surface area contributed by atoms with Gasteiger partial charge in [-0.2, -0.15) is 0 Å². The number of carbonyl (C=O) groups is 4. The van der Waals surface area contributed by atoms with Crippen molar-refractivity contribution in [2.75, 3.05) is 26.2 Å². The Hall–Kier alpha value is -3.63. The molecule has 0 saturated carbocycles. The fourth-order valence-electron chi connectivity index (χ4n) is 6.19. The number of imidazole rings is 1. The molecule has 3 aliphatic rings. The van der Waals surface area contributed by atoms with Crippen molar-refractivity contribution < 1.29 is 23.9 Å². The number of aryl methyl sites for hydroxylation is 1. The summed E-state index contributed by atoms with van der Waals surface area (Å²) in [4.78, 5) is 66.4. The Kier molecular flexibility index (Phi) is 7.50. The predicted octanol–water partition coefficient (Wildman–Crippen LogP) is 2.67. The summed E-state index contributed by atoms with van der Waals surface area (Å²) < 4.78 is 8.52. The van der Waals surface area contributed by atoms with Crippen LogP contribution in [0.1, 0.15) is 76.8 Å². The van der Waals surface area contributed by atoms with Gasteiger partial charge in [0.1, 0.15) is 11.6 Å². The topological polar surface area (TPSA) is 123 Å². The number of benzene rings is 1. The monoisotopic (exact) mass is 553 g/mol. The molecule has 0 bridgehead atoms. The standard InChI is InChI=1S/C29H39N5O6/c1-29(2,3)40-28(39)33-15-11-19(12-16-33)26(37)32-13-9-18(10-14-32)20-5-6-21-23(17-20)31(4)27(38)34(21)22-7-8-24(35)30-25(22)36/h5-6,17-19,22H,7-16H2,1-4H3,(H,30,35,36). The molecule has 1 atom stereocenters. The lowest BCUT2D eigenvalue weighted by Gasteiger charge is -2.37. The molecule has 4 heterocycles. The highest BCUT2D eigenvalue weighted by Crippen LogP contribution is 2.32. The highest BCUT2D eigenvalue weighted by molar-refractivity contribution is 6.00. The molecule has 4 amide bonds. The van der Waals surface area contributed by atoms with Gasteiger partial charge in [0.2, 0.25) is 17.7 Å². The van der Waals surface area contributed by atoms with Gasteiger partial charge in [-0.1, -0.05) is 6.07 Å². The van der Waals surface area contributed by atoms with E-state index in [0.717, 1.165) is 23.9 Å². The van der Waals surface area contributed by atoms with Crippen LogP contribution in [0.2, 0.25) is 0 Å². The van der Waals surface area contributed by atoms with Crippen LogP contribution in [-0.4, -0.2) is 74.5 Å². The van der Waals surface area contributed by atoms with Gasteiger partial charge < -0.3 is 14.5 Å². The maximum absolute atomic E-state index is 13.3. The van der Waals surface area contributed by atoms with Crippen LogP contribution < -0.4 is 11.0 Å². The van der Waals surface area contributed by atoms with Gasteiger partial charge in [0.25, 0.3) is 0 Å². The Balaban J connectivity index is 1.20. The van der Waals surface area contributed by atoms with Gasteiger partial charge in [0, 0.05) is 45.6 Å². The molecule has 0 aliphatic carbocycles. The first-order valence-electron chi connectivity index (χ1n) is 14.2. The minimum Gasteiger partial charge on any atom is -0.444 e. The normalized spacial score (nSPS) is 21.6. The second-order valence-electron chi connectivity index (χ2n) is 12.3. The van der Waals surface area contributed by atoms with Gasteiger partial charge in [-0.25, -0.2) is 9.59 Å². The third kappa shape index (κ3) is 5.51. The van der Waals surface area contributed by atoms with Crippen molar-refractivity contribution in [2.45, 2.75) is 76.9 Å². The zero-order valence-electron chi connectivity index (χ0n) is 23.8. The molecule has 11 heteroatoms. The van der Waals surface area contributed by atoms with E-state index in [1.165, 1.54) is 4.57 Å². The van der Waals surface area contributed by atoms with Gasteiger partial charge in [0.15, 0.2) is 0 Å². The number of nitrogens with zero attached hydrogens (tertiary/aromatic N) is 4. The zero-order chi connectivity index (χ0) is 28.8. The summed E-state index contributed by atoms with van der Waals surface area (Å²) in [6.45, 7) is 7.94. The summed E-state index contributed by atoms with van der Waals surface area (Å²) in [5.41, 5.74) is 1.73. The summed E-state index contributed by atoms with van der Waals surface area (Å²) in [6.07, 6.45) is 3.14. The van der Waals surface area contributed by atoms with Crippen LogP contribution >= 0.6 is 0 Å². The van der Waals surface area contributed by atoms with E-state index in [2.05, 4.69) is 5.32 Å². The number of likely N-dealkylation sites (tertiary alicyclic amines) is 2. The predicted molar refractivity (Wildman–Crippen MR) is 148 cm³/mol. The number of carbonyl (C=O) groups excluding carboxylic acids is 4. The van der Waals surface area contributed by atoms with Gasteiger partial charge in [0.05, 0.1) is 11.0 Å². The number of imide groups is 1. The van der Waals surface area contributed by atoms with Crippen molar-refractivity contribution in [3.63, 3.8) is 0 Å². The molecule has 3 fully saturated rings. The molecule has 3 aliphatic heterocycles. The van der Waals surface area contributed by atoms with Gasteiger partial charge in [-0.15, -0.1) is 0 Å². The molecule has 3 saturated heterocycles. The lowest BCUT2D eigenvalue weighted by atomic mass is 9.88. The minimum atomic E-state index is -0.704. The third-order valence-corrected chi connectivity index (χ3v) is 8.41. The summed E-state index contributed by atoms with van der Waals surface area (Å²) >= 11 is 0. The highest BCUT2D eigenvalue weighted by Gasteiger charge is 2.34. The van der Waals surface area contributed by atoms with Crippen molar-refractivity contribution in [3.05, 3.63) is 34.2 Å². The highest BCUT2D eigenvalue weighted by atomic mass is 16.6. The quantitative estimate of drug-likeness (QED) is 0.583. The van der Waals surface area contributed by atoms with E-state index in [9.17, 15) is 24.0 Å². The van der Waals surface area contributed by atoms with E-state index in [-0.39, 0.29) is 41.9 Å². The average Bonchev–Trinajstić information content (AvgIpc) is 3.16. The molecule has 0 radical (unpaired) electrons. The molecule has 1 N–H and O–H groups in total. The van der Waals surface area contributed by atoms with Crippen molar-refractivity contribution in [2.24, 2.45) is 13.0 Å². The summed E-state index contributed by atoms with van der Waals surface area (Å²) in [5, 5.41) is 2.34. The molecule has 5 rings (SSSR count). The minimum absolute atomic E-state index is 0.0758. The first-order chi connectivity index (χ1) is 18.9. The van der Waals surface area contributed by atoms with Crippen LogP contribution in [0, 0.1) is 5.92 Å². The first kappa shape index (κ1) is 27.9. The van der Waals surface area contributed by atoms with Crippen molar-refractivity contribution in [1.82, 2.24) is 24.3 Å². The molecule has 1 unspecified atom stereocenters. The van der Waals surface area contributed by atoms with Crippen molar-refractivity contribution >= 4 is 34.8 Å². The Labute approximate surface area is 233 Å². The molecular weight excluding hydrogens is 514 g/mol. The Morgan fingerprint density at radius 3 is 2.17 bits per heavy atom. The lowest BCUT2D eigenvalue weighted by Crippen LogP contribution is -2.47. The molecule has 216 valence electrons. The van der Waals surface area contributed by atoms with Crippen LogP contribution in [0.4, 0.5) is 4.79 Å². The second kappa shape index (κ2) is 10.7. The van der Waals surface area contributed by atoms with E-state index in [0.29, 0.717) is 51.0 Å². The maximum Gasteiger partial charge on any atom is 0.410 e. The fraction of sp³-hybridized carbons (Fsp3) is 0.621. The van der Waals surface area contributed by atoms with Crippen LogP contribution in [-0.2, 0) is 26.2 Å². The van der Waals surface area contributed by atoms with E-state index in [1.807, 2.05) is 43.9 Å². The van der Waals surface area contributed by atoms with Gasteiger partial charge in [-0.3, -0.25) is 28.8 Å². The van der Waals surface area contributed by atoms with Gasteiger partial charge >= 0.3 is 11.8 Å². The van der Waals surface area contributed by atoms with Gasteiger partial charge in [-0.05, 0) is 76.5 Å². The fourth-order valence-corrected chi connectivity index (χ4v) is 6.19. The summed E-state index contributed by atoms with van der Waals surface area (Å²) in [5.74, 6) is -0.401. The van der Waals surface area contributed by atoms with E-state index in [1.54, 1.807) is 16.5 Å². The van der Waals surface area contributed by atoms with Crippen LogP contribution in [0.3, 0.4) is 0 Å². The third-order valence-electron chi connectivity index (χ3n) is 8.41. The number of hydrogen-bond acceptors (Lipinski definition) is 6. The Bertz CT molecular complexity index is 1390. The zero-order valence-corrected chi connectivity index (χ0v) is 23.8. The molecule has 40 heavy (non-hydrogen) atoms. The summed E-state index contributed by atoms with van der Waals surface area (Å²) in [6, 6.07) is 5.22. The lowest BCUT2D eigenvalue weighted by molar-refractivity contribution is -0.138. The van der Waals surface area contributed by atoms with E-state index >= 15 is 0 Å². The Morgan fingerprint density at radius 2 is 1.55 bits per heavy atom. The van der Waals surface area contributed by atoms with E-state index < -0.39 is 17.6 Å². The second-order valence-corrected chi connectivity index (χ2v) is 12.3. The number of piperidine rings is 3. The smallest absolute Gasteiger partial charge is 0.410 e. The van der Waals surface area contributed by atoms with Crippen LogP contribution in [0.15, 0.2) is 23.0 Å². The summed E-state index contributed by atoms with van der Waals surface area (Å²) in [7, 11) is 1.70. The molecular formula is C29H39N5O6. The molecule has 11 nitrogen and oxygen atoms in total.